The van der Waals surface area contributed by atoms with Crippen molar-refractivity contribution in [3.8, 4) is 11.5 Å². The first-order valence-electron chi connectivity index (χ1n) is 7.65. The molecule has 1 saturated heterocycles. The Morgan fingerprint density at radius 3 is 2.57 bits per heavy atom. The summed E-state index contributed by atoms with van der Waals surface area (Å²) in [6, 6.07) is 5.44. The molecule has 1 amide bonds. The largest absolute Gasteiger partial charge is 0.493 e. The van der Waals surface area contributed by atoms with Crippen LogP contribution in [-0.2, 0) is 20.7 Å². The van der Waals surface area contributed by atoms with Crippen LogP contribution >= 0.6 is 0 Å². The number of rotatable bonds is 5. The average Bonchev–Trinajstić information content (AvgIpc) is 2.60. The SMILES string of the molecule is COC(=O)C1CCCN(C(=O)Cc2ccc(OC)c(OC)c2)C1. The van der Waals surface area contributed by atoms with E-state index in [0.717, 1.165) is 18.4 Å². The molecule has 1 atom stereocenters. The Kier molecular flexibility index (Phi) is 5.84. The van der Waals surface area contributed by atoms with E-state index in [-0.39, 0.29) is 24.2 Å². The van der Waals surface area contributed by atoms with Gasteiger partial charge in [0.15, 0.2) is 11.5 Å². The Balaban J connectivity index is 2.02. The second kappa shape index (κ2) is 7.85. The molecule has 1 heterocycles. The molecule has 6 heteroatoms. The van der Waals surface area contributed by atoms with E-state index in [9.17, 15) is 9.59 Å². The van der Waals surface area contributed by atoms with Gasteiger partial charge in [-0.1, -0.05) is 6.07 Å². The number of benzene rings is 1. The summed E-state index contributed by atoms with van der Waals surface area (Å²) in [5, 5.41) is 0. The summed E-state index contributed by atoms with van der Waals surface area (Å²) in [6.07, 6.45) is 1.86. The summed E-state index contributed by atoms with van der Waals surface area (Å²) < 4.78 is 15.2. The van der Waals surface area contributed by atoms with Gasteiger partial charge in [-0.05, 0) is 30.5 Å². The van der Waals surface area contributed by atoms with Gasteiger partial charge in [-0.3, -0.25) is 9.59 Å². The predicted molar refractivity (Wildman–Crippen MR) is 84.6 cm³/mol. The maximum Gasteiger partial charge on any atom is 0.310 e. The van der Waals surface area contributed by atoms with Gasteiger partial charge >= 0.3 is 5.97 Å². The second-order valence-electron chi connectivity index (χ2n) is 5.57. The zero-order valence-electron chi connectivity index (χ0n) is 13.8. The number of carbonyl (C=O) groups excluding carboxylic acids is 2. The maximum atomic E-state index is 12.5. The van der Waals surface area contributed by atoms with E-state index in [1.807, 2.05) is 6.07 Å². The summed E-state index contributed by atoms with van der Waals surface area (Å²) in [4.78, 5) is 25.9. The minimum absolute atomic E-state index is 0.00539. The molecule has 0 saturated carbocycles. The number of hydrogen-bond acceptors (Lipinski definition) is 5. The Bertz CT molecular complexity index is 572. The number of amides is 1. The number of carbonyl (C=O) groups is 2. The Morgan fingerprint density at radius 1 is 1.17 bits per heavy atom. The molecule has 1 fully saturated rings. The maximum absolute atomic E-state index is 12.5. The van der Waals surface area contributed by atoms with E-state index in [0.29, 0.717) is 24.6 Å². The molecule has 0 aromatic heterocycles. The van der Waals surface area contributed by atoms with Crippen LogP contribution in [0, 0.1) is 5.92 Å². The van der Waals surface area contributed by atoms with Crippen molar-refractivity contribution in [3.05, 3.63) is 23.8 Å². The summed E-state index contributed by atoms with van der Waals surface area (Å²) in [7, 11) is 4.52. The van der Waals surface area contributed by atoms with Crippen LogP contribution in [0.25, 0.3) is 0 Å². The molecule has 0 N–H and O–H groups in total. The van der Waals surface area contributed by atoms with Crippen molar-refractivity contribution < 1.29 is 23.8 Å². The zero-order chi connectivity index (χ0) is 16.8. The molecule has 2 rings (SSSR count). The summed E-state index contributed by atoms with van der Waals surface area (Å²) >= 11 is 0. The molecule has 0 bridgehead atoms. The van der Waals surface area contributed by atoms with Crippen molar-refractivity contribution in [3.63, 3.8) is 0 Å². The molecule has 0 spiro atoms. The van der Waals surface area contributed by atoms with Gasteiger partial charge in [0.05, 0.1) is 33.7 Å². The number of methoxy groups -OCH3 is 3. The van der Waals surface area contributed by atoms with Crippen LogP contribution < -0.4 is 9.47 Å². The van der Waals surface area contributed by atoms with E-state index >= 15 is 0 Å². The molecular weight excluding hydrogens is 298 g/mol. The highest BCUT2D eigenvalue weighted by atomic mass is 16.5. The minimum atomic E-state index is -0.242. The molecule has 0 radical (unpaired) electrons. The molecule has 1 aromatic rings. The van der Waals surface area contributed by atoms with Gasteiger partial charge in [-0.2, -0.15) is 0 Å². The topological polar surface area (TPSA) is 65.1 Å². The quantitative estimate of drug-likeness (QED) is 0.772. The normalized spacial score (nSPS) is 17.5. The highest BCUT2D eigenvalue weighted by Gasteiger charge is 2.28. The van der Waals surface area contributed by atoms with Crippen molar-refractivity contribution in [2.24, 2.45) is 5.92 Å². The molecule has 23 heavy (non-hydrogen) atoms. The van der Waals surface area contributed by atoms with Crippen LogP contribution in [-0.4, -0.2) is 51.2 Å². The molecule has 126 valence electrons. The lowest BCUT2D eigenvalue weighted by Gasteiger charge is -2.31. The molecular formula is C17H23NO5. The van der Waals surface area contributed by atoms with Crippen molar-refractivity contribution in [2.75, 3.05) is 34.4 Å². The Hall–Kier alpha value is -2.24. The van der Waals surface area contributed by atoms with E-state index in [1.54, 1.807) is 31.3 Å². The van der Waals surface area contributed by atoms with Gasteiger partial charge in [-0.25, -0.2) is 0 Å². The van der Waals surface area contributed by atoms with Crippen molar-refractivity contribution >= 4 is 11.9 Å². The number of hydrogen-bond donors (Lipinski definition) is 0. The summed E-state index contributed by atoms with van der Waals surface area (Å²) in [5.74, 6) is 0.777. The van der Waals surface area contributed by atoms with Gasteiger partial charge in [0.25, 0.3) is 0 Å². The fraction of sp³-hybridized carbons (Fsp3) is 0.529. The predicted octanol–water partition coefficient (Wildman–Crippen LogP) is 1.66. The lowest BCUT2D eigenvalue weighted by molar-refractivity contribution is -0.148. The number of ether oxygens (including phenoxy) is 3. The number of piperidine rings is 1. The Labute approximate surface area is 136 Å². The first-order valence-corrected chi connectivity index (χ1v) is 7.65. The van der Waals surface area contributed by atoms with E-state index in [1.165, 1.54) is 7.11 Å². The molecule has 1 aromatic carbocycles. The Morgan fingerprint density at radius 2 is 1.91 bits per heavy atom. The van der Waals surface area contributed by atoms with Gasteiger partial charge < -0.3 is 19.1 Å². The van der Waals surface area contributed by atoms with Gasteiger partial charge in [0.1, 0.15) is 0 Å². The van der Waals surface area contributed by atoms with Crippen LogP contribution in [0.5, 0.6) is 11.5 Å². The van der Waals surface area contributed by atoms with Gasteiger partial charge in [0, 0.05) is 13.1 Å². The van der Waals surface area contributed by atoms with Crippen LogP contribution in [0.2, 0.25) is 0 Å². The number of likely N-dealkylation sites (tertiary alicyclic amines) is 1. The monoisotopic (exact) mass is 321 g/mol. The van der Waals surface area contributed by atoms with Crippen LogP contribution in [0.4, 0.5) is 0 Å². The third kappa shape index (κ3) is 4.15. The highest BCUT2D eigenvalue weighted by Crippen LogP contribution is 2.28. The third-order valence-electron chi connectivity index (χ3n) is 4.11. The smallest absolute Gasteiger partial charge is 0.310 e. The zero-order valence-corrected chi connectivity index (χ0v) is 13.8. The van der Waals surface area contributed by atoms with Crippen LogP contribution in [0.3, 0.4) is 0 Å². The highest BCUT2D eigenvalue weighted by molar-refractivity contribution is 5.80. The second-order valence-corrected chi connectivity index (χ2v) is 5.57. The van der Waals surface area contributed by atoms with E-state index in [4.69, 9.17) is 14.2 Å². The first-order chi connectivity index (χ1) is 11.1. The fourth-order valence-electron chi connectivity index (χ4n) is 2.84. The van der Waals surface area contributed by atoms with Crippen molar-refractivity contribution in [2.45, 2.75) is 19.3 Å². The van der Waals surface area contributed by atoms with Gasteiger partial charge in [-0.15, -0.1) is 0 Å². The molecule has 6 nitrogen and oxygen atoms in total. The summed E-state index contributed by atoms with van der Waals surface area (Å²) in [5.41, 5.74) is 0.854. The lowest BCUT2D eigenvalue weighted by Crippen LogP contribution is -2.43. The van der Waals surface area contributed by atoms with Gasteiger partial charge in [0.2, 0.25) is 5.91 Å². The third-order valence-corrected chi connectivity index (χ3v) is 4.11. The molecule has 1 aliphatic rings. The summed E-state index contributed by atoms with van der Waals surface area (Å²) in [6.45, 7) is 1.11. The van der Waals surface area contributed by atoms with Crippen LogP contribution in [0.15, 0.2) is 18.2 Å². The minimum Gasteiger partial charge on any atom is -0.493 e. The average molecular weight is 321 g/mol. The fourth-order valence-corrected chi connectivity index (χ4v) is 2.84. The van der Waals surface area contributed by atoms with E-state index < -0.39 is 0 Å². The standard InChI is InChI=1S/C17H23NO5/c1-21-14-7-6-12(9-15(14)22-2)10-16(19)18-8-4-5-13(11-18)17(20)23-3/h6-7,9,13H,4-5,8,10-11H2,1-3H3. The lowest BCUT2D eigenvalue weighted by atomic mass is 9.97. The number of nitrogens with zero attached hydrogens (tertiary/aromatic N) is 1. The van der Waals surface area contributed by atoms with Crippen molar-refractivity contribution in [1.29, 1.82) is 0 Å². The first kappa shape index (κ1) is 17.1. The molecule has 1 unspecified atom stereocenters. The number of esters is 1. The molecule has 0 aliphatic carbocycles. The van der Waals surface area contributed by atoms with Crippen LogP contribution in [0.1, 0.15) is 18.4 Å². The van der Waals surface area contributed by atoms with Crippen molar-refractivity contribution in [1.82, 2.24) is 4.90 Å². The van der Waals surface area contributed by atoms with E-state index in [2.05, 4.69) is 0 Å². The molecule has 1 aliphatic heterocycles.